The Morgan fingerprint density at radius 2 is 2.21 bits per heavy atom. The van der Waals surface area contributed by atoms with Crippen molar-refractivity contribution in [1.82, 2.24) is 19.1 Å². The molecule has 0 saturated carbocycles. The smallest absolute Gasteiger partial charge is 0.313 e. The molecule has 0 amide bonds. The van der Waals surface area contributed by atoms with Gasteiger partial charge < -0.3 is 4.57 Å². The van der Waals surface area contributed by atoms with Crippen molar-refractivity contribution in [2.45, 2.75) is 25.0 Å². The van der Waals surface area contributed by atoms with Crippen molar-refractivity contribution in [2.24, 2.45) is 7.05 Å². The van der Waals surface area contributed by atoms with Gasteiger partial charge in [-0.2, -0.15) is 0 Å². The van der Waals surface area contributed by atoms with E-state index in [1.54, 1.807) is 13.1 Å². The van der Waals surface area contributed by atoms with Gasteiger partial charge in [0.05, 0.1) is 0 Å². The molecule has 102 valence electrons. The van der Waals surface area contributed by atoms with Crippen LogP contribution in [0.4, 0.5) is 0 Å². The molecule has 0 spiro atoms. The second kappa shape index (κ2) is 5.48. The van der Waals surface area contributed by atoms with Crippen LogP contribution in [0, 0.1) is 0 Å². The standard InChI is InChI=1S/C12H16N4O2S/c1-4-6-16-8-9(13-12(16)19-7-5-2)15(3)11(18)14-10(8)17/h5H,2,4,6-7H2,1,3H3,(H,14,17,18). The van der Waals surface area contributed by atoms with E-state index in [0.29, 0.717) is 23.5 Å². The second-order valence-electron chi connectivity index (χ2n) is 4.14. The summed E-state index contributed by atoms with van der Waals surface area (Å²) in [4.78, 5) is 30.3. The number of fused-ring (bicyclic) bond motifs is 1. The molecule has 6 nitrogen and oxygen atoms in total. The minimum atomic E-state index is -0.445. The fourth-order valence-electron chi connectivity index (χ4n) is 1.89. The Hall–Kier alpha value is -1.76. The Bertz CT molecular complexity index is 726. The number of thioether (sulfide) groups is 1. The molecule has 19 heavy (non-hydrogen) atoms. The molecular weight excluding hydrogens is 264 g/mol. The molecule has 0 aliphatic carbocycles. The Morgan fingerprint density at radius 3 is 2.84 bits per heavy atom. The number of hydrogen-bond acceptors (Lipinski definition) is 4. The van der Waals surface area contributed by atoms with Gasteiger partial charge in [0.15, 0.2) is 16.3 Å². The lowest BCUT2D eigenvalue weighted by Crippen LogP contribution is -2.29. The van der Waals surface area contributed by atoms with E-state index in [0.717, 1.165) is 11.6 Å². The molecule has 0 bridgehead atoms. The maximum atomic E-state index is 12.0. The molecule has 2 aromatic heterocycles. The molecule has 7 heteroatoms. The lowest BCUT2D eigenvalue weighted by atomic mass is 10.4. The van der Waals surface area contributed by atoms with Crippen LogP contribution in [-0.2, 0) is 13.6 Å². The van der Waals surface area contributed by atoms with Gasteiger partial charge in [0.1, 0.15) is 0 Å². The lowest BCUT2D eigenvalue weighted by molar-refractivity contribution is 0.636. The number of aryl methyl sites for hydroxylation is 2. The highest BCUT2D eigenvalue weighted by Gasteiger charge is 2.16. The maximum absolute atomic E-state index is 12.0. The topological polar surface area (TPSA) is 72.7 Å². The number of imidazole rings is 1. The third kappa shape index (κ3) is 2.37. The molecule has 0 atom stereocenters. The summed E-state index contributed by atoms with van der Waals surface area (Å²) in [5, 5.41) is 0.739. The highest BCUT2D eigenvalue weighted by Crippen LogP contribution is 2.21. The van der Waals surface area contributed by atoms with Gasteiger partial charge in [0.2, 0.25) is 0 Å². The van der Waals surface area contributed by atoms with Gasteiger partial charge in [0.25, 0.3) is 5.56 Å². The summed E-state index contributed by atoms with van der Waals surface area (Å²) in [5.74, 6) is 0.707. The molecule has 2 rings (SSSR count). The van der Waals surface area contributed by atoms with Crippen molar-refractivity contribution in [3.8, 4) is 0 Å². The lowest BCUT2D eigenvalue weighted by Gasteiger charge is -2.05. The predicted molar refractivity (Wildman–Crippen MR) is 76.8 cm³/mol. The van der Waals surface area contributed by atoms with E-state index >= 15 is 0 Å². The van der Waals surface area contributed by atoms with Gasteiger partial charge in [-0.05, 0) is 6.42 Å². The zero-order valence-corrected chi connectivity index (χ0v) is 11.8. The van der Waals surface area contributed by atoms with Crippen LogP contribution in [0.15, 0.2) is 27.4 Å². The summed E-state index contributed by atoms with van der Waals surface area (Å²) in [6.45, 7) is 6.40. The average Bonchev–Trinajstić information content (AvgIpc) is 2.74. The second-order valence-corrected chi connectivity index (χ2v) is 5.12. The van der Waals surface area contributed by atoms with E-state index in [1.165, 1.54) is 16.3 Å². The summed E-state index contributed by atoms with van der Waals surface area (Å²) >= 11 is 1.50. The largest absolute Gasteiger partial charge is 0.329 e. The highest BCUT2D eigenvalue weighted by molar-refractivity contribution is 7.99. The summed E-state index contributed by atoms with van der Waals surface area (Å²) in [7, 11) is 1.60. The van der Waals surface area contributed by atoms with Gasteiger partial charge in [0, 0.05) is 19.3 Å². The first kappa shape index (κ1) is 13.7. The van der Waals surface area contributed by atoms with Crippen LogP contribution in [0.3, 0.4) is 0 Å². The van der Waals surface area contributed by atoms with Crippen LogP contribution in [0.5, 0.6) is 0 Å². The molecule has 0 saturated heterocycles. The summed E-state index contributed by atoms with van der Waals surface area (Å²) in [5.41, 5.74) is 0.0488. The molecule has 2 aromatic rings. The maximum Gasteiger partial charge on any atom is 0.329 e. The van der Waals surface area contributed by atoms with Crippen LogP contribution in [0.2, 0.25) is 0 Å². The fraction of sp³-hybridized carbons (Fsp3) is 0.417. The van der Waals surface area contributed by atoms with Crippen LogP contribution < -0.4 is 11.2 Å². The number of rotatable bonds is 5. The van der Waals surface area contributed by atoms with Crippen molar-refractivity contribution in [3.05, 3.63) is 33.5 Å². The van der Waals surface area contributed by atoms with Gasteiger partial charge in [-0.25, -0.2) is 9.78 Å². The average molecular weight is 280 g/mol. The van der Waals surface area contributed by atoms with Crippen LogP contribution in [0.1, 0.15) is 13.3 Å². The number of hydrogen-bond donors (Lipinski definition) is 1. The molecule has 0 fully saturated rings. The number of aromatic nitrogens is 4. The van der Waals surface area contributed by atoms with Crippen molar-refractivity contribution >= 4 is 22.9 Å². The SMILES string of the molecule is C=CCSc1nc2c(c(=O)[nH]c(=O)n2C)n1CCC. The minimum absolute atomic E-state index is 0.385. The number of aromatic amines is 1. The predicted octanol–water partition coefficient (Wildman–Crippen LogP) is 1.11. The molecular formula is C12H16N4O2S. The zero-order valence-electron chi connectivity index (χ0n) is 11.0. The summed E-state index contributed by atoms with van der Waals surface area (Å²) in [6, 6.07) is 0. The monoisotopic (exact) mass is 280 g/mol. The molecule has 0 aromatic carbocycles. The van der Waals surface area contributed by atoms with E-state index in [9.17, 15) is 9.59 Å². The van der Waals surface area contributed by atoms with Crippen molar-refractivity contribution in [2.75, 3.05) is 5.75 Å². The van der Waals surface area contributed by atoms with Crippen molar-refractivity contribution < 1.29 is 0 Å². The molecule has 0 radical (unpaired) electrons. The minimum Gasteiger partial charge on any atom is -0.313 e. The van der Waals surface area contributed by atoms with Crippen molar-refractivity contribution in [3.63, 3.8) is 0 Å². The highest BCUT2D eigenvalue weighted by atomic mass is 32.2. The third-order valence-corrected chi connectivity index (χ3v) is 3.72. The molecule has 0 unspecified atom stereocenters. The number of nitrogens with zero attached hydrogens (tertiary/aromatic N) is 3. The first-order valence-corrected chi connectivity index (χ1v) is 7.02. The quantitative estimate of drug-likeness (QED) is 0.658. The molecule has 2 heterocycles. The fourth-order valence-corrected chi connectivity index (χ4v) is 2.65. The van der Waals surface area contributed by atoms with Gasteiger partial charge in [-0.1, -0.05) is 24.8 Å². The van der Waals surface area contributed by atoms with Gasteiger partial charge in [-0.3, -0.25) is 14.3 Å². The Labute approximate surface area is 114 Å². The zero-order chi connectivity index (χ0) is 14.0. The molecule has 1 N–H and O–H groups in total. The number of nitrogens with one attached hydrogen (secondary N) is 1. The third-order valence-electron chi connectivity index (χ3n) is 2.75. The molecule has 0 aliphatic heterocycles. The van der Waals surface area contributed by atoms with Gasteiger partial charge in [-0.15, -0.1) is 6.58 Å². The Morgan fingerprint density at radius 1 is 1.47 bits per heavy atom. The van der Waals surface area contributed by atoms with Crippen LogP contribution >= 0.6 is 11.8 Å². The van der Waals surface area contributed by atoms with Crippen molar-refractivity contribution in [1.29, 1.82) is 0 Å². The van der Waals surface area contributed by atoms with E-state index in [4.69, 9.17) is 0 Å². The first-order chi connectivity index (χ1) is 9.10. The van der Waals surface area contributed by atoms with E-state index in [-0.39, 0.29) is 5.56 Å². The van der Waals surface area contributed by atoms with E-state index in [1.807, 2.05) is 11.5 Å². The summed E-state index contributed by atoms with van der Waals surface area (Å²) < 4.78 is 3.22. The number of H-pyrrole nitrogens is 1. The van der Waals surface area contributed by atoms with Gasteiger partial charge >= 0.3 is 5.69 Å². The molecule has 0 aliphatic rings. The van der Waals surface area contributed by atoms with E-state index < -0.39 is 5.69 Å². The van der Waals surface area contributed by atoms with Crippen LogP contribution in [0.25, 0.3) is 11.2 Å². The summed E-state index contributed by atoms with van der Waals surface area (Å²) in [6.07, 6.45) is 2.67. The normalized spacial score (nSPS) is 11.1. The Balaban J connectivity index is 2.76. The first-order valence-electron chi connectivity index (χ1n) is 6.03. The van der Waals surface area contributed by atoms with Crippen LogP contribution in [-0.4, -0.2) is 24.9 Å². The van der Waals surface area contributed by atoms with E-state index in [2.05, 4.69) is 16.5 Å². The Kier molecular flexibility index (Phi) is 3.94.